The number of fused-ring (bicyclic) bond motifs is 1. The standard InChI is InChI=1S/C13H17NO2/c1-9(2)6-10-4-5-11-12(7-10)16-8-13(15)14(11)3/h4-5,7,9H,6,8H2,1-3H3. The minimum absolute atomic E-state index is 0.00381. The van der Waals surface area contributed by atoms with Gasteiger partial charge in [-0.05, 0) is 30.0 Å². The van der Waals surface area contributed by atoms with Crippen LogP contribution in [-0.2, 0) is 11.2 Å². The van der Waals surface area contributed by atoms with E-state index in [0.29, 0.717) is 5.92 Å². The molecule has 16 heavy (non-hydrogen) atoms. The second-order valence-corrected chi connectivity index (χ2v) is 4.64. The van der Waals surface area contributed by atoms with Gasteiger partial charge in [-0.3, -0.25) is 4.79 Å². The number of hydrogen-bond donors (Lipinski definition) is 0. The van der Waals surface area contributed by atoms with Crippen molar-refractivity contribution >= 4 is 11.6 Å². The van der Waals surface area contributed by atoms with E-state index in [9.17, 15) is 4.79 Å². The van der Waals surface area contributed by atoms with Crippen molar-refractivity contribution in [2.75, 3.05) is 18.6 Å². The molecule has 0 saturated heterocycles. The first-order chi connectivity index (χ1) is 7.58. The molecule has 1 amide bonds. The monoisotopic (exact) mass is 219 g/mol. The Kier molecular flexibility index (Phi) is 2.86. The third kappa shape index (κ3) is 2.03. The van der Waals surface area contributed by atoms with E-state index in [0.717, 1.165) is 17.9 Å². The van der Waals surface area contributed by atoms with Gasteiger partial charge in [0.1, 0.15) is 5.75 Å². The van der Waals surface area contributed by atoms with Crippen LogP contribution in [0.5, 0.6) is 5.75 Å². The number of nitrogens with zero attached hydrogens (tertiary/aromatic N) is 1. The number of benzene rings is 1. The molecular formula is C13H17NO2. The summed E-state index contributed by atoms with van der Waals surface area (Å²) in [7, 11) is 1.78. The molecular weight excluding hydrogens is 202 g/mol. The van der Waals surface area contributed by atoms with Crippen LogP contribution in [0, 0.1) is 5.92 Å². The molecule has 0 aliphatic carbocycles. The quantitative estimate of drug-likeness (QED) is 0.763. The highest BCUT2D eigenvalue weighted by atomic mass is 16.5. The van der Waals surface area contributed by atoms with Gasteiger partial charge in [-0.15, -0.1) is 0 Å². The first-order valence-corrected chi connectivity index (χ1v) is 5.60. The summed E-state index contributed by atoms with van der Waals surface area (Å²) in [5.74, 6) is 1.45. The van der Waals surface area contributed by atoms with E-state index in [-0.39, 0.29) is 12.5 Å². The predicted molar refractivity (Wildman–Crippen MR) is 63.9 cm³/mol. The van der Waals surface area contributed by atoms with Gasteiger partial charge in [0, 0.05) is 7.05 Å². The number of rotatable bonds is 2. The van der Waals surface area contributed by atoms with Gasteiger partial charge in [0.05, 0.1) is 5.69 Å². The highest BCUT2D eigenvalue weighted by Gasteiger charge is 2.22. The van der Waals surface area contributed by atoms with Crippen LogP contribution in [0.25, 0.3) is 0 Å². The maximum absolute atomic E-state index is 11.4. The summed E-state index contributed by atoms with van der Waals surface area (Å²) in [4.78, 5) is 13.1. The second kappa shape index (κ2) is 4.16. The van der Waals surface area contributed by atoms with E-state index in [1.54, 1.807) is 11.9 Å². The van der Waals surface area contributed by atoms with Gasteiger partial charge >= 0.3 is 0 Å². The van der Waals surface area contributed by atoms with Crippen molar-refractivity contribution in [3.05, 3.63) is 23.8 Å². The van der Waals surface area contributed by atoms with E-state index in [4.69, 9.17) is 4.74 Å². The molecule has 2 rings (SSSR count). The summed E-state index contributed by atoms with van der Waals surface area (Å²) in [6.45, 7) is 4.53. The molecule has 0 spiro atoms. The highest BCUT2D eigenvalue weighted by Crippen LogP contribution is 2.32. The Balaban J connectivity index is 2.30. The van der Waals surface area contributed by atoms with Crippen molar-refractivity contribution in [1.29, 1.82) is 0 Å². The lowest BCUT2D eigenvalue weighted by Gasteiger charge is -2.26. The normalized spacial score (nSPS) is 15.0. The lowest BCUT2D eigenvalue weighted by atomic mass is 10.0. The minimum Gasteiger partial charge on any atom is -0.482 e. The van der Waals surface area contributed by atoms with Crippen LogP contribution in [0.15, 0.2) is 18.2 Å². The Morgan fingerprint density at radius 1 is 1.44 bits per heavy atom. The van der Waals surface area contributed by atoms with Crippen molar-refractivity contribution in [2.45, 2.75) is 20.3 Å². The number of likely N-dealkylation sites (N-methyl/N-ethyl adjacent to an activating group) is 1. The average molecular weight is 219 g/mol. The van der Waals surface area contributed by atoms with Crippen molar-refractivity contribution in [2.24, 2.45) is 5.92 Å². The topological polar surface area (TPSA) is 29.5 Å². The van der Waals surface area contributed by atoms with Gasteiger partial charge in [-0.1, -0.05) is 19.9 Å². The van der Waals surface area contributed by atoms with Crippen LogP contribution in [-0.4, -0.2) is 19.6 Å². The molecule has 0 radical (unpaired) electrons. The Labute approximate surface area is 96.0 Å². The van der Waals surface area contributed by atoms with Crippen LogP contribution in [0.4, 0.5) is 5.69 Å². The van der Waals surface area contributed by atoms with Gasteiger partial charge < -0.3 is 9.64 Å². The van der Waals surface area contributed by atoms with Crippen LogP contribution in [0.1, 0.15) is 19.4 Å². The Hall–Kier alpha value is -1.51. The molecule has 0 atom stereocenters. The van der Waals surface area contributed by atoms with Crippen molar-refractivity contribution < 1.29 is 9.53 Å². The van der Waals surface area contributed by atoms with Crippen molar-refractivity contribution in [3.8, 4) is 5.75 Å². The van der Waals surface area contributed by atoms with Gasteiger partial charge in [-0.2, -0.15) is 0 Å². The zero-order valence-electron chi connectivity index (χ0n) is 9.99. The lowest BCUT2D eigenvalue weighted by Crippen LogP contribution is -2.35. The van der Waals surface area contributed by atoms with Gasteiger partial charge in [-0.25, -0.2) is 0 Å². The molecule has 1 aliphatic rings. The van der Waals surface area contributed by atoms with Gasteiger partial charge in [0.2, 0.25) is 0 Å². The number of anilines is 1. The first kappa shape index (κ1) is 11.0. The third-order valence-corrected chi connectivity index (χ3v) is 2.75. The first-order valence-electron chi connectivity index (χ1n) is 5.60. The van der Waals surface area contributed by atoms with E-state index in [2.05, 4.69) is 19.9 Å². The maximum atomic E-state index is 11.4. The Morgan fingerprint density at radius 2 is 2.19 bits per heavy atom. The average Bonchev–Trinajstić information content (AvgIpc) is 2.23. The third-order valence-electron chi connectivity index (χ3n) is 2.75. The molecule has 86 valence electrons. The number of hydrogen-bond acceptors (Lipinski definition) is 2. The fourth-order valence-electron chi connectivity index (χ4n) is 1.92. The molecule has 0 fully saturated rings. The van der Waals surface area contributed by atoms with E-state index >= 15 is 0 Å². The lowest BCUT2D eigenvalue weighted by molar-refractivity contribution is -0.120. The summed E-state index contributed by atoms with van der Waals surface area (Å²) in [6.07, 6.45) is 1.04. The van der Waals surface area contributed by atoms with Crippen LogP contribution < -0.4 is 9.64 Å². The highest BCUT2D eigenvalue weighted by molar-refractivity contribution is 5.97. The summed E-state index contributed by atoms with van der Waals surface area (Å²) in [5, 5.41) is 0. The molecule has 3 heteroatoms. The molecule has 0 bridgehead atoms. The second-order valence-electron chi connectivity index (χ2n) is 4.64. The SMILES string of the molecule is CC(C)Cc1ccc2c(c1)OCC(=O)N2C. The van der Waals surface area contributed by atoms with E-state index < -0.39 is 0 Å². The molecule has 0 saturated carbocycles. The molecule has 1 heterocycles. The summed E-state index contributed by atoms with van der Waals surface area (Å²) in [5.41, 5.74) is 2.13. The van der Waals surface area contributed by atoms with Crippen molar-refractivity contribution in [3.63, 3.8) is 0 Å². The summed E-state index contributed by atoms with van der Waals surface area (Å²) >= 11 is 0. The Bertz CT molecular complexity index is 412. The molecule has 1 aromatic rings. The molecule has 0 aromatic heterocycles. The molecule has 0 N–H and O–H groups in total. The molecule has 0 unspecified atom stereocenters. The molecule has 1 aromatic carbocycles. The smallest absolute Gasteiger partial charge is 0.264 e. The number of carbonyl (C=O) groups excluding carboxylic acids is 1. The van der Waals surface area contributed by atoms with Crippen LogP contribution in [0.2, 0.25) is 0 Å². The fraction of sp³-hybridized carbons (Fsp3) is 0.462. The van der Waals surface area contributed by atoms with Crippen molar-refractivity contribution in [1.82, 2.24) is 0 Å². The number of ether oxygens (including phenoxy) is 1. The van der Waals surface area contributed by atoms with Gasteiger partial charge in [0.25, 0.3) is 5.91 Å². The fourth-order valence-corrected chi connectivity index (χ4v) is 1.92. The molecule has 3 nitrogen and oxygen atoms in total. The van der Waals surface area contributed by atoms with Crippen LogP contribution >= 0.6 is 0 Å². The van der Waals surface area contributed by atoms with Crippen LogP contribution in [0.3, 0.4) is 0 Å². The Morgan fingerprint density at radius 3 is 2.88 bits per heavy atom. The largest absolute Gasteiger partial charge is 0.482 e. The van der Waals surface area contributed by atoms with E-state index in [1.165, 1.54) is 5.56 Å². The van der Waals surface area contributed by atoms with E-state index in [1.807, 2.05) is 12.1 Å². The predicted octanol–water partition coefficient (Wildman–Crippen LogP) is 2.24. The minimum atomic E-state index is 0.00381. The van der Waals surface area contributed by atoms with Gasteiger partial charge in [0.15, 0.2) is 6.61 Å². The number of amides is 1. The zero-order valence-corrected chi connectivity index (χ0v) is 9.99. The molecule has 1 aliphatic heterocycles. The summed E-state index contributed by atoms with van der Waals surface area (Å²) in [6, 6.07) is 6.07. The zero-order chi connectivity index (χ0) is 11.7. The summed E-state index contributed by atoms with van der Waals surface area (Å²) < 4.78 is 5.44. The number of carbonyl (C=O) groups is 1. The maximum Gasteiger partial charge on any atom is 0.264 e.